The normalized spacial score (nSPS) is 13.3. The van der Waals surface area contributed by atoms with E-state index in [0.717, 1.165) is 33.4 Å². The van der Waals surface area contributed by atoms with Crippen LogP contribution in [0.4, 0.5) is 0 Å². The van der Waals surface area contributed by atoms with Gasteiger partial charge in [-0.1, -0.05) is 248 Å². The van der Waals surface area contributed by atoms with Crippen LogP contribution in [-0.4, -0.2) is 44.2 Å². The van der Waals surface area contributed by atoms with Gasteiger partial charge < -0.3 is 14.8 Å². The fourth-order valence-corrected chi connectivity index (χ4v) is 44.3. The van der Waals surface area contributed by atoms with E-state index >= 15 is 0 Å². The lowest BCUT2D eigenvalue weighted by Gasteiger charge is -2.47. The highest BCUT2D eigenvalue weighted by atomic mass is 28.3. The van der Waals surface area contributed by atoms with Crippen LogP contribution in [0.1, 0.15) is 209 Å². The van der Waals surface area contributed by atoms with Crippen LogP contribution in [0, 0.1) is 0 Å². The predicted octanol–water partition coefficient (Wildman–Crippen LogP) is 17.2. The van der Waals surface area contributed by atoms with E-state index in [1.54, 1.807) is 0 Å². The molecule has 75 heavy (non-hydrogen) atoms. The molecule has 416 valence electrons. The molecule has 0 atom stereocenters. The minimum absolute atomic E-state index is 0.226. The van der Waals surface area contributed by atoms with Crippen molar-refractivity contribution in [3.8, 4) is 0 Å². The highest BCUT2D eigenvalue weighted by molar-refractivity contribution is 6.98. The SMILES string of the molecule is CC(C)[Si](c1cc(C(=O)OCc2ccc(CNCc3ccc(COC(=O)c4cc([Si](C(C)C)(C(C)C)C(C)C)cc([Si](C(C)C)(C(C)C)C(C)C)c4)cc3)cc2)cc([Si](C(C)C)(C(C)C)C(C)C)c1)(C(C)C)C(C)C. The number of ether oxygens (including phenoxy) is 2. The molecule has 0 heterocycles. The molecule has 0 radical (unpaired) electrons. The Morgan fingerprint density at radius 3 is 0.693 bits per heavy atom. The Morgan fingerprint density at radius 2 is 0.507 bits per heavy atom. The lowest BCUT2D eigenvalue weighted by molar-refractivity contribution is 0.0464. The van der Waals surface area contributed by atoms with Gasteiger partial charge in [-0.05, 0) is 113 Å². The Bertz CT molecular complexity index is 2110. The van der Waals surface area contributed by atoms with Crippen LogP contribution in [0.25, 0.3) is 0 Å². The predicted molar refractivity (Wildman–Crippen MR) is 337 cm³/mol. The van der Waals surface area contributed by atoms with E-state index in [1.165, 1.54) is 20.7 Å². The lowest BCUT2D eigenvalue weighted by atomic mass is 10.1. The summed E-state index contributed by atoms with van der Waals surface area (Å²) < 4.78 is 12.4. The molecule has 0 saturated carbocycles. The van der Waals surface area contributed by atoms with E-state index in [4.69, 9.17) is 9.47 Å². The third-order valence-corrected chi connectivity index (χ3v) is 47.3. The van der Waals surface area contributed by atoms with Crippen LogP contribution in [0.15, 0.2) is 84.9 Å². The molecular weight excluding hydrogens is 983 g/mol. The first-order valence-corrected chi connectivity index (χ1v) is 38.4. The van der Waals surface area contributed by atoms with E-state index in [9.17, 15) is 9.59 Å². The quantitative estimate of drug-likeness (QED) is 0.0501. The summed E-state index contributed by atoms with van der Waals surface area (Å²) >= 11 is 0. The zero-order chi connectivity index (χ0) is 56.7. The number of carbonyl (C=O) groups excluding carboxylic acids is 2. The average molecular weight is 1090 g/mol. The van der Waals surface area contributed by atoms with Gasteiger partial charge in [-0.2, -0.15) is 0 Å². The van der Waals surface area contributed by atoms with Crippen molar-refractivity contribution in [2.24, 2.45) is 0 Å². The van der Waals surface area contributed by atoms with Crippen molar-refractivity contribution in [1.82, 2.24) is 5.32 Å². The van der Waals surface area contributed by atoms with Crippen molar-refractivity contribution >= 4 is 65.0 Å². The van der Waals surface area contributed by atoms with E-state index in [2.05, 4.69) is 256 Å². The summed E-state index contributed by atoms with van der Waals surface area (Å²) in [6.45, 7) is 59.8. The molecular formula is C66H107NO4Si4. The van der Waals surface area contributed by atoms with E-state index in [0.29, 0.717) is 79.6 Å². The Hall–Kier alpha value is -3.35. The van der Waals surface area contributed by atoms with Gasteiger partial charge in [0.05, 0.1) is 43.4 Å². The summed E-state index contributed by atoms with van der Waals surface area (Å²) in [6, 6.07) is 30.9. The molecule has 4 rings (SSSR count). The summed E-state index contributed by atoms with van der Waals surface area (Å²) in [6.07, 6.45) is 0. The maximum absolute atomic E-state index is 14.3. The molecule has 0 bridgehead atoms. The minimum Gasteiger partial charge on any atom is -0.457 e. The van der Waals surface area contributed by atoms with Gasteiger partial charge in [0, 0.05) is 13.1 Å². The number of nitrogens with one attached hydrogen (secondary N) is 1. The van der Waals surface area contributed by atoms with Crippen molar-refractivity contribution in [2.45, 2.75) is 259 Å². The Morgan fingerprint density at radius 1 is 0.320 bits per heavy atom. The van der Waals surface area contributed by atoms with Crippen molar-refractivity contribution in [2.75, 3.05) is 0 Å². The molecule has 0 fully saturated rings. The van der Waals surface area contributed by atoms with Crippen LogP contribution in [0.2, 0.25) is 66.5 Å². The van der Waals surface area contributed by atoms with Crippen molar-refractivity contribution in [3.63, 3.8) is 0 Å². The molecule has 9 heteroatoms. The molecule has 0 aliphatic rings. The molecule has 0 aliphatic heterocycles. The van der Waals surface area contributed by atoms with Gasteiger partial charge in [0.1, 0.15) is 13.2 Å². The molecule has 4 aromatic rings. The van der Waals surface area contributed by atoms with E-state index in [1.807, 2.05) is 0 Å². The molecule has 4 aromatic carbocycles. The fourth-order valence-electron chi connectivity index (χ4n) is 16.8. The molecule has 0 spiro atoms. The molecule has 0 amide bonds. The second kappa shape index (κ2) is 26.5. The first-order valence-electron chi connectivity index (χ1n) is 29.4. The van der Waals surface area contributed by atoms with Gasteiger partial charge in [0.25, 0.3) is 0 Å². The van der Waals surface area contributed by atoms with Crippen molar-refractivity contribution < 1.29 is 19.1 Å². The maximum atomic E-state index is 14.3. The van der Waals surface area contributed by atoms with Gasteiger partial charge in [-0.3, -0.25) is 0 Å². The largest absolute Gasteiger partial charge is 0.457 e. The number of carbonyl (C=O) groups is 2. The Balaban J connectivity index is 1.47. The van der Waals surface area contributed by atoms with E-state index < -0.39 is 32.3 Å². The third kappa shape index (κ3) is 12.9. The maximum Gasteiger partial charge on any atom is 0.338 e. The first kappa shape index (κ1) is 64.2. The molecule has 0 aliphatic carbocycles. The lowest BCUT2D eigenvalue weighted by Crippen LogP contribution is -2.60. The zero-order valence-electron chi connectivity index (χ0n) is 52.0. The third-order valence-electron chi connectivity index (χ3n) is 19.2. The number of benzene rings is 4. The standard InChI is InChI=1S/C66H107NO4Si4/c1-43(2)72(44(3)4,45(5)6)61-33-59(34-62(37-61)73(46(7)8,47(9)10)48(11)12)65(68)70-41-57-29-25-55(26-30-57)39-67-40-56-27-31-58(32-28-56)42-71-66(69)60-35-63(74(49(13)14,50(15)16)51(17)18)38-64(36-60)75(52(19)20,53(21)22)54(23)24/h25-38,43-54,67H,39-42H2,1-24H3. The summed E-state index contributed by atoms with van der Waals surface area (Å²) in [5, 5.41) is 9.31. The van der Waals surface area contributed by atoms with Crippen LogP contribution >= 0.6 is 0 Å². The van der Waals surface area contributed by atoms with Crippen LogP contribution in [0.5, 0.6) is 0 Å². The van der Waals surface area contributed by atoms with Crippen LogP contribution < -0.4 is 26.1 Å². The molecule has 5 nitrogen and oxygen atoms in total. The summed E-state index contributed by atoms with van der Waals surface area (Å²) in [7, 11) is -8.30. The number of hydrogen-bond donors (Lipinski definition) is 1. The molecule has 0 aromatic heterocycles. The highest BCUT2D eigenvalue weighted by Gasteiger charge is 2.50. The van der Waals surface area contributed by atoms with Crippen molar-refractivity contribution in [1.29, 1.82) is 0 Å². The smallest absolute Gasteiger partial charge is 0.338 e. The van der Waals surface area contributed by atoms with Crippen molar-refractivity contribution in [3.05, 3.63) is 118 Å². The Kier molecular flexibility index (Phi) is 22.7. The Labute approximate surface area is 464 Å². The highest BCUT2D eigenvalue weighted by Crippen LogP contribution is 2.46. The zero-order valence-corrected chi connectivity index (χ0v) is 56.0. The number of hydrogen-bond acceptors (Lipinski definition) is 5. The van der Waals surface area contributed by atoms with Gasteiger partial charge in [0.15, 0.2) is 0 Å². The van der Waals surface area contributed by atoms with Crippen LogP contribution in [-0.2, 0) is 35.8 Å². The summed E-state index contributed by atoms with van der Waals surface area (Å²) in [5.74, 6) is -0.453. The number of rotatable bonds is 26. The van der Waals surface area contributed by atoms with Gasteiger partial charge in [0.2, 0.25) is 0 Å². The van der Waals surface area contributed by atoms with E-state index in [-0.39, 0.29) is 25.2 Å². The average Bonchev–Trinajstić information content (AvgIpc) is 3.30. The number of esters is 2. The minimum atomic E-state index is -2.08. The first-order chi connectivity index (χ1) is 34.9. The van der Waals surface area contributed by atoms with Crippen LogP contribution in [0.3, 0.4) is 0 Å². The summed E-state index contributed by atoms with van der Waals surface area (Å²) in [5.41, 5.74) is 12.1. The second-order valence-corrected chi connectivity index (χ2v) is 50.2. The molecule has 1 N–H and O–H groups in total. The molecule has 0 saturated heterocycles. The second-order valence-electron chi connectivity index (χ2n) is 26.6. The van der Waals surface area contributed by atoms with Gasteiger partial charge in [-0.25, -0.2) is 9.59 Å². The van der Waals surface area contributed by atoms with Gasteiger partial charge >= 0.3 is 11.9 Å². The summed E-state index contributed by atoms with van der Waals surface area (Å²) in [4.78, 5) is 28.5. The van der Waals surface area contributed by atoms with Gasteiger partial charge in [-0.15, -0.1) is 0 Å². The monoisotopic (exact) mass is 1090 g/mol. The molecule has 0 unspecified atom stereocenters. The topological polar surface area (TPSA) is 64.6 Å². The fraction of sp³-hybridized carbons (Fsp3) is 0.606.